The van der Waals surface area contributed by atoms with E-state index in [0.717, 1.165) is 11.3 Å². The van der Waals surface area contributed by atoms with E-state index in [2.05, 4.69) is 15.0 Å². The van der Waals surface area contributed by atoms with Crippen LogP contribution >= 0.6 is 11.3 Å². The van der Waals surface area contributed by atoms with Crippen LogP contribution in [0.15, 0.2) is 48.5 Å². The summed E-state index contributed by atoms with van der Waals surface area (Å²) in [6.45, 7) is -2.88. The molecule has 0 bridgehead atoms. The van der Waals surface area contributed by atoms with E-state index in [0.29, 0.717) is 20.9 Å². The van der Waals surface area contributed by atoms with Crippen molar-refractivity contribution in [3.63, 3.8) is 0 Å². The lowest BCUT2D eigenvalue weighted by atomic mass is 10.2. The van der Waals surface area contributed by atoms with Gasteiger partial charge in [-0.1, -0.05) is 23.5 Å². The van der Waals surface area contributed by atoms with E-state index < -0.39 is 12.5 Å². The third-order valence-electron chi connectivity index (χ3n) is 3.11. The fraction of sp³-hybridized carbons (Fsp3) is 0.0588. The van der Waals surface area contributed by atoms with Gasteiger partial charge in [-0.25, -0.2) is 9.37 Å². The van der Waals surface area contributed by atoms with E-state index in [1.807, 2.05) is 0 Å². The largest absolute Gasteiger partial charge is 0.435 e. The van der Waals surface area contributed by atoms with Crippen molar-refractivity contribution in [3.8, 4) is 5.75 Å². The van der Waals surface area contributed by atoms with E-state index >= 15 is 0 Å². The molecule has 0 saturated heterocycles. The van der Waals surface area contributed by atoms with Gasteiger partial charge in [-0.05, 0) is 42.0 Å². The molecule has 0 aliphatic heterocycles. The van der Waals surface area contributed by atoms with Crippen molar-refractivity contribution in [2.45, 2.75) is 6.61 Å². The Labute approximate surface area is 144 Å². The summed E-state index contributed by atoms with van der Waals surface area (Å²) in [5.41, 5.74) is 1.24. The van der Waals surface area contributed by atoms with Crippen LogP contribution in [0.2, 0.25) is 0 Å². The summed E-state index contributed by atoms with van der Waals surface area (Å²) >= 11 is 1.16. The van der Waals surface area contributed by atoms with Crippen LogP contribution < -0.4 is 10.1 Å². The van der Waals surface area contributed by atoms with E-state index in [1.54, 1.807) is 12.1 Å². The summed E-state index contributed by atoms with van der Waals surface area (Å²) in [5, 5.41) is 2.95. The van der Waals surface area contributed by atoms with Crippen LogP contribution in [0.1, 0.15) is 5.56 Å². The summed E-state index contributed by atoms with van der Waals surface area (Å²) < 4.78 is 42.2. The molecule has 0 saturated carbocycles. The zero-order valence-electron chi connectivity index (χ0n) is 12.6. The fourth-order valence-electron chi connectivity index (χ4n) is 2.03. The second-order valence-electron chi connectivity index (χ2n) is 4.90. The van der Waals surface area contributed by atoms with E-state index in [1.165, 1.54) is 42.5 Å². The van der Waals surface area contributed by atoms with Crippen LogP contribution in [-0.2, 0) is 4.79 Å². The molecule has 0 fully saturated rings. The molecule has 1 aromatic heterocycles. The molecule has 25 heavy (non-hydrogen) atoms. The number of benzene rings is 2. The summed E-state index contributed by atoms with van der Waals surface area (Å²) in [5.74, 6) is -0.737. The third kappa shape index (κ3) is 4.57. The van der Waals surface area contributed by atoms with Gasteiger partial charge in [-0.2, -0.15) is 8.78 Å². The molecule has 1 N–H and O–H groups in total. The van der Waals surface area contributed by atoms with Crippen LogP contribution in [-0.4, -0.2) is 17.5 Å². The normalized spacial score (nSPS) is 11.4. The Bertz CT molecular complexity index is 923. The Morgan fingerprint density at radius 3 is 2.68 bits per heavy atom. The predicted molar refractivity (Wildman–Crippen MR) is 90.3 cm³/mol. The number of ether oxygens (including phenoxy) is 1. The number of hydrogen-bond acceptors (Lipinski definition) is 4. The molecule has 1 amide bonds. The van der Waals surface area contributed by atoms with Gasteiger partial charge >= 0.3 is 6.61 Å². The Kier molecular flexibility index (Phi) is 4.99. The average Bonchev–Trinajstić information content (AvgIpc) is 2.95. The van der Waals surface area contributed by atoms with Gasteiger partial charge in [-0.15, -0.1) is 0 Å². The SMILES string of the molecule is O=C(/C=C/c1ccc(OC(F)F)cc1)Nc1nc2ccc(F)cc2s1. The number of halogens is 3. The quantitative estimate of drug-likeness (QED) is 0.669. The van der Waals surface area contributed by atoms with E-state index in [-0.39, 0.29) is 11.6 Å². The van der Waals surface area contributed by atoms with Crippen molar-refractivity contribution >= 4 is 38.7 Å². The van der Waals surface area contributed by atoms with Gasteiger partial charge in [0.1, 0.15) is 11.6 Å². The van der Waals surface area contributed by atoms with Crippen molar-refractivity contribution in [2.24, 2.45) is 0 Å². The molecule has 3 rings (SSSR count). The lowest BCUT2D eigenvalue weighted by Gasteiger charge is -2.03. The van der Waals surface area contributed by atoms with E-state index in [9.17, 15) is 18.0 Å². The molecule has 0 aliphatic rings. The van der Waals surface area contributed by atoms with Crippen molar-refractivity contribution in [1.82, 2.24) is 4.98 Å². The molecule has 0 atom stereocenters. The topological polar surface area (TPSA) is 51.2 Å². The minimum Gasteiger partial charge on any atom is -0.435 e. The molecule has 4 nitrogen and oxygen atoms in total. The lowest BCUT2D eigenvalue weighted by molar-refractivity contribution is -0.111. The summed E-state index contributed by atoms with van der Waals surface area (Å²) in [7, 11) is 0. The number of thiazole rings is 1. The first-order valence-electron chi connectivity index (χ1n) is 7.09. The second-order valence-corrected chi connectivity index (χ2v) is 5.93. The highest BCUT2D eigenvalue weighted by Gasteiger charge is 2.07. The molecule has 3 aromatic rings. The number of rotatable bonds is 5. The average molecular weight is 364 g/mol. The van der Waals surface area contributed by atoms with Gasteiger partial charge < -0.3 is 4.74 Å². The zero-order valence-corrected chi connectivity index (χ0v) is 13.4. The smallest absolute Gasteiger partial charge is 0.387 e. The monoisotopic (exact) mass is 364 g/mol. The van der Waals surface area contributed by atoms with Crippen LogP contribution in [0.4, 0.5) is 18.3 Å². The van der Waals surface area contributed by atoms with Gasteiger partial charge in [0, 0.05) is 6.08 Å². The number of alkyl halides is 2. The number of carbonyl (C=O) groups is 1. The van der Waals surface area contributed by atoms with Crippen molar-refractivity contribution in [1.29, 1.82) is 0 Å². The number of anilines is 1. The molecular formula is C17H11F3N2O2S. The third-order valence-corrected chi connectivity index (χ3v) is 4.05. The number of fused-ring (bicyclic) bond motifs is 1. The van der Waals surface area contributed by atoms with Crippen LogP contribution in [0, 0.1) is 5.82 Å². The van der Waals surface area contributed by atoms with Gasteiger partial charge in [0.05, 0.1) is 10.2 Å². The zero-order chi connectivity index (χ0) is 17.8. The van der Waals surface area contributed by atoms with Crippen LogP contribution in [0.3, 0.4) is 0 Å². The maximum Gasteiger partial charge on any atom is 0.387 e. The Morgan fingerprint density at radius 1 is 1.20 bits per heavy atom. The number of carbonyl (C=O) groups excluding carboxylic acids is 1. The molecule has 8 heteroatoms. The molecule has 128 valence electrons. The van der Waals surface area contributed by atoms with Crippen LogP contribution in [0.25, 0.3) is 16.3 Å². The summed E-state index contributed by atoms with van der Waals surface area (Å²) in [6.07, 6.45) is 2.81. The Hall–Kier alpha value is -2.87. The predicted octanol–water partition coefficient (Wildman–Crippen LogP) is 4.69. The maximum atomic E-state index is 13.1. The minimum atomic E-state index is -2.88. The standard InChI is InChI=1S/C17H11F3N2O2S/c18-11-4-7-13-14(9-11)25-17(21-13)22-15(23)8-3-10-1-5-12(6-2-10)24-16(19)20/h1-9,16H,(H,21,22,23)/b8-3+. The highest BCUT2D eigenvalue weighted by atomic mass is 32.1. The maximum absolute atomic E-state index is 13.1. The van der Waals surface area contributed by atoms with Gasteiger partial charge in [0.25, 0.3) is 0 Å². The van der Waals surface area contributed by atoms with Crippen molar-refractivity contribution in [3.05, 3.63) is 59.9 Å². The first kappa shape index (κ1) is 17.0. The second kappa shape index (κ2) is 7.35. The van der Waals surface area contributed by atoms with Gasteiger partial charge in [-0.3, -0.25) is 10.1 Å². The number of hydrogen-bond donors (Lipinski definition) is 1. The molecule has 0 aliphatic carbocycles. The summed E-state index contributed by atoms with van der Waals surface area (Å²) in [6, 6.07) is 10.0. The molecular weight excluding hydrogens is 353 g/mol. The molecule has 0 spiro atoms. The highest BCUT2D eigenvalue weighted by molar-refractivity contribution is 7.22. The van der Waals surface area contributed by atoms with Gasteiger partial charge in [0.2, 0.25) is 5.91 Å². The van der Waals surface area contributed by atoms with Crippen molar-refractivity contribution in [2.75, 3.05) is 5.32 Å². The van der Waals surface area contributed by atoms with Crippen LogP contribution in [0.5, 0.6) is 5.75 Å². The van der Waals surface area contributed by atoms with Crippen molar-refractivity contribution < 1.29 is 22.7 Å². The molecule has 1 heterocycles. The molecule has 2 aromatic carbocycles. The Morgan fingerprint density at radius 2 is 1.96 bits per heavy atom. The summed E-state index contributed by atoms with van der Waals surface area (Å²) in [4.78, 5) is 16.1. The minimum absolute atomic E-state index is 0.0401. The number of nitrogens with one attached hydrogen (secondary N) is 1. The Balaban J connectivity index is 1.63. The number of amides is 1. The molecule has 0 unspecified atom stereocenters. The fourth-order valence-corrected chi connectivity index (χ4v) is 2.92. The van der Waals surface area contributed by atoms with Gasteiger partial charge in [0.15, 0.2) is 5.13 Å². The first-order chi connectivity index (χ1) is 12.0. The highest BCUT2D eigenvalue weighted by Crippen LogP contribution is 2.26. The number of aromatic nitrogens is 1. The first-order valence-corrected chi connectivity index (χ1v) is 7.91. The molecule has 0 radical (unpaired) electrons. The lowest BCUT2D eigenvalue weighted by Crippen LogP contribution is -2.07. The number of nitrogens with zero attached hydrogens (tertiary/aromatic N) is 1. The van der Waals surface area contributed by atoms with E-state index in [4.69, 9.17) is 0 Å².